The molecule has 0 heterocycles. The number of carboxylic acids is 1. The summed E-state index contributed by atoms with van der Waals surface area (Å²) in [5.74, 6) is -2.25. The van der Waals surface area contributed by atoms with Crippen molar-refractivity contribution >= 4 is 12.0 Å². The minimum absolute atomic E-state index is 0.247. The van der Waals surface area contributed by atoms with Crippen molar-refractivity contribution in [2.24, 2.45) is 0 Å². The molecule has 0 spiro atoms. The van der Waals surface area contributed by atoms with Crippen molar-refractivity contribution in [3.05, 3.63) is 35.7 Å². The predicted molar refractivity (Wildman–Crippen MR) is 60.6 cm³/mol. The van der Waals surface area contributed by atoms with Gasteiger partial charge in [0.05, 0.1) is 6.61 Å². The van der Waals surface area contributed by atoms with Crippen molar-refractivity contribution in [3.63, 3.8) is 0 Å². The largest absolute Gasteiger partial charge is 0.522 e. The summed E-state index contributed by atoms with van der Waals surface area (Å²) in [6.07, 6.45) is -2.76. The fraction of sp³-hybridized carbons (Fsp3) is 0.250. The summed E-state index contributed by atoms with van der Waals surface area (Å²) in [4.78, 5) is 10.3. The topological polar surface area (TPSA) is 55.8 Å². The molecule has 0 radical (unpaired) electrons. The van der Waals surface area contributed by atoms with E-state index in [0.717, 1.165) is 12.1 Å². The standard InChI is InChI=1S/C12H10F4O4/c13-9-7-8(2-4-11(17)18)1-3-10(9)19-5-6-20-12(14,15)16/h1-4,7H,5-6H2,(H,17,18)/b4-2+. The van der Waals surface area contributed by atoms with Crippen LogP contribution >= 0.6 is 0 Å². The first-order chi connectivity index (χ1) is 9.28. The van der Waals surface area contributed by atoms with E-state index in [2.05, 4.69) is 4.74 Å². The van der Waals surface area contributed by atoms with Crippen molar-refractivity contribution in [2.45, 2.75) is 6.36 Å². The Balaban J connectivity index is 2.54. The molecule has 4 nitrogen and oxygen atoms in total. The molecule has 0 fully saturated rings. The van der Waals surface area contributed by atoms with Crippen LogP contribution in [-0.4, -0.2) is 30.7 Å². The number of halogens is 4. The van der Waals surface area contributed by atoms with E-state index in [9.17, 15) is 22.4 Å². The highest BCUT2D eigenvalue weighted by Crippen LogP contribution is 2.20. The number of hydrogen-bond donors (Lipinski definition) is 1. The van der Waals surface area contributed by atoms with Crippen molar-refractivity contribution in [1.29, 1.82) is 0 Å². The molecule has 8 heteroatoms. The van der Waals surface area contributed by atoms with Crippen LogP contribution in [0.1, 0.15) is 5.56 Å². The molecule has 1 aromatic carbocycles. The van der Waals surface area contributed by atoms with Crippen LogP contribution in [0.15, 0.2) is 24.3 Å². The molecule has 0 amide bonds. The van der Waals surface area contributed by atoms with E-state index in [1.165, 1.54) is 18.2 Å². The lowest BCUT2D eigenvalue weighted by Gasteiger charge is -2.09. The van der Waals surface area contributed by atoms with Gasteiger partial charge in [-0.25, -0.2) is 9.18 Å². The number of hydrogen-bond acceptors (Lipinski definition) is 3. The SMILES string of the molecule is O=C(O)/C=C/c1ccc(OCCOC(F)(F)F)c(F)c1. The van der Waals surface area contributed by atoms with Crippen LogP contribution in [-0.2, 0) is 9.53 Å². The van der Waals surface area contributed by atoms with E-state index < -0.39 is 31.4 Å². The fourth-order valence-corrected chi connectivity index (χ4v) is 1.21. The van der Waals surface area contributed by atoms with Crippen LogP contribution < -0.4 is 4.74 Å². The molecular weight excluding hydrogens is 284 g/mol. The molecule has 0 aliphatic carbocycles. The molecular formula is C12H10F4O4. The summed E-state index contributed by atoms with van der Waals surface area (Å²) in [6, 6.07) is 3.55. The zero-order chi connectivity index (χ0) is 15.2. The second-order valence-corrected chi connectivity index (χ2v) is 3.50. The number of carboxylic acid groups (broad SMARTS) is 1. The summed E-state index contributed by atoms with van der Waals surface area (Å²) < 4.78 is 56.7. The minimum Gasteiger partial charge on any atom is -0.488 e. The van der Waals surface area contributed by atoms with Gasteiger partial charge in [0, 0.05) is 6.08 Å². The molecule has 1 N–H and O–H groups in total. The third-order valence-corrected chi connectivity index (χ3v) is 1.98. The zero-order valence-corrected chi connectivity index (χ0v) is 9.98. The van der Waals surface area contributed by atoms with Gasteiger partial charge in [-0.2, -0.15) is 0 Å². The molecule has 0 atom stereocenters. The first kappa shape index (κ1) is 16.0. The summed E-state index contributed by atoms with van der Waals surface area (Å²) in [5, 5.41) is 8.40. The Hall–Kier alpha value is -2.09. The first-order valence-electron chi connectivity index (χ1n) is 5.32. The number of benzene rings is 1. The molecule has 0 unspecified atom stereocenters. The third kappa shape index (κ3) is 6.19. The molecule has 0 saturated carbocycles. The van der Waals surface area contributed by atoms with Gasteiger partial charge in [-0.15, -0.1) is 13.2 Å². The number of rotatable bonds is 6. The van der Waals surface area contributed by atoms with E-state index in [0.29, 0.717) is 0 Å². The highest BCUT2D eigenvalue weighted by Gasteiger charge is 2.28. The molecule has 20 heavy (non-hydrogen) atoms. The molecule has 1 rings (SSSR count). The highest BCUT2D eigenvalue weighted by atomic mass is 19.4. The van der Waals surface area contributed by atoms with E-state index in [-0.39, 0.29) is 11.3 Å². The van der Waals surface area contributed by atoms with Crippen LogP contribution in [0, 0.1) is 5.82 Å². The van der Waals surface area contributed by atoms with Crippen molar-refractivity contribution in [2.75, 3.05) is 13.2 Å². The van der Waals surface area contributed by atoms with Crippen LogP contribution in [0.3, 0.4) is 0 Å². The fourth-order valence-electron chi connectivity index (χ4n) is 1.21. The maximum atomic E-state index is 13.5. The average molecular weight is 294 g/mol. The predicted octanol–water partition coefficient (Wildman–Crippen LogP) is 2.84. The quantitative estimate of drug-likeness (QED) is 0.498. The molecule has 0 aliphatic heterocycles. The molecule has 0 bridgehead atoms. The molecule has 0 aromatic heterocycles. The second kappa shape index (κ2) is 6.90. The number of aliphatic carboxylic acids is 1. The summed E-state index contributed by atoms with van der Waals surface area (Å²) in [5.41, 5.74) is 0.281. The number of ether oxygens (including phenoxy) is 2. The maximum Gasteiger partial charge on any atom is 0.522 e. The van der Waals surface area contributed by atoms with Crippen molar-refractivity contribution in [1.82, 2.24) is 0 Å². The normalized spacial score (nSPS) is 11.8. The van der Waals surface area contributed by atoms with E-state index >= 15 is 0 Å². The lowest BCUT2D eigenvalue weighted by Crippen LogP contribution is -2.18. The third-order valence-electron chi connectivity index (χ3n) is 1.98. The Kier molecular flexibility index (Phi) is 5.51. The van der Waals surface area contributed by atoms with Crippen LogP contribution in [0.4, 0.5) is 17.6 Å². The van der Waals surface area contributed by atoms with Gasteiger partial charge >= 0.3 is 12.3 Å². The van der Waals surface area contributed by atoms with Crippen molar-refractivity contribution in [3.8, 4) is 5.75 Å². The number of alkyl halides is 3. The second-order valence-electron chi connectivity index (χ2n) is 3.50. The smallest absolute Gasteiger partial charge is 0.488 e. The maximum absolute atomic E-state index is 13.5. The summed E-state index contributed by atoms with van der Waals surface area (Å²) >= 11 is 0. The zero-order valence-electron chi connectivity index (χ0n) is 9.98. The molecule has 110 valence electrons. The average Bonchev–Trinajstić information content (AvgIpc) is 2.32. The van der Waals surface area contributed by atoms with Gasteiger partial charge in [-0.05, 0) is 23.8 Å². The van der Waals surface area contributed by atoms with Crippen LogP contribution in [0.25, 0.3) is 6.08 Å². The van der Waals surface area contributed by atoms with Crippen LogP contribution in [0.5, 0.6) is 5.75 Å². The van der Waals surface area contributed by atoms with Crippen molar-refractivity contribution < 1.29 is 36.9 Å². The monoisotopic (exact) mass is 294 g/mol. The molecule has 0 aliphatic rings. The Bertz CT molecular complexity index is 497. The van der Waals surface area contributed by atoms with Gasteiger partial charge in [0.15, 0.2) is 11.6 Å². The summed E-state index contributed by atoms with van der Waals surface area (Å²) in [7, 11) is 0. The lowest BCUT2D eigenvalue weighted by molar-refractivity contribution is -0.325. The van der Waals surface area contributed by atoms with E-state index in [1.54, 1.807) is 0 Å². The van der Waals surface area contributed by atoms with Gasteiger partial charge in [0.2, 0.25) is 0 Å². The van der Waals surface area contributed by atoms with Crippen LogP contribution in [0.2, 0.25) is 0 Å². The van der Waals surface area contributed by atoms with Gasteiger partial charge in [-0.3, -0.25) is 4.74 Å². The molecule has 0 saturated heterocycles. The Morgan fingerprint density at radius 2 is 2.00 bits per heavy atom. The van der Waals surface area contributed by atoms with Gasteiger partial charge in [0.1, 0.15) is 6.61 Å². The summed E-state index contributed by atoms with van der Waals surface area (Å²) in [6.45, 7) is -1.23. The minimum atomic E-state index is -4.76. The van der Waals surface area contributed by atoms with E-state index in [4.69, 9.17) is 9.84 Å². The highest BCUT2D eigenvalue weighted by molar-refractivity contribution is 5.85. The van der Waals surface area contributed by atoms with Gasteiger partial charge in [0.25, 0.3) is 0 Å². The van der Waals surface area contributed by atoms with Gasteiger partial charge < -0.3 is 9.84 Å². The Morgan fingerprint density at radius 1 is 1.30 bits per heavy atom. The number of carbonyl (C=O) groups is 1. The first-order valence-corrected chi connectivity index (χ1v) is 5.32. The van der Waals surface area contributed by atoms with Gasteiger partial charge in [-0.1, -0.05) is 6.07 Å². The van der Waals surface area contributed by atoms with E-state index in [1.807, 2.05) is 0 Å². The lowest BCUT2D eigenvalue weighted by atomic mass is 10.2. The molecule has 1 aromatic rings. The Morgan fingerprint density at radius 3 is 2.55 bits per heavy atom. The Labute approximate surface area is 111 Å².